The number of fused-ring (bicyclic) bond motifs is 4. The normalized spacial score (nSPS) is 20.1. The highest BCUT2D eigenvalue weighted by molar-refractivity contribution is 5.92. The van der Waals surface area contributed by atoms with Gasteiger partial charge in [-0.05, 0) is 36.6 Å². The molecule has 1 saturated heterocycles. The molecule has 2 aromatic heterocycles. The van der Waals surface area contributed by atoms with E-state index < -0.39 is 0 Å². The van der Waals surface area contributed by atoms with Crippen molar-refractivity contribution in [1.29, 1.82) is 0 Å². The molecule has 0 unspecified atom stereocenters. The van der Waals surface area contributed by atoms with Crippen molar-refractivity contribution in [1.82, 2.24) is 14.5 Å². The molecular weight excluding hydrogens is 372 g/mol. The molecule has 0 saturated carbocycles. The van der Waals surface area contributed by atoms with Gasteiger partial charge in [-0.3, -0.25) is 19.4 Å². The molecule has 0 aromatic carbocycles. The maximum Gasteiger partial charge on any atom is 0.274 e. The summed E-state index contributed by atoms with van der Waals surface area (Å²) in [4.78, 5) is 43.7. The average molecular weight is 396 g/mol. The summed E-state index contributed by atoms with van der Waals surface area (Å²) in [6.07, 6.45) is 2.77. The molecular formula is C21H24N4O4. The second-order valence-electron chi connectivity index (χ2n) is 7.60. The summed E-state index contributed by atoms with van der Waals surface area (Å²) in [6, 6.07) is 8.88. The number of rotatable bonds is 5. The van der Waals surface area contributed by atoms with Crippen molar-refractivity contribution < 1.29 is 14.3 Å². The number of hydrogen-bond donors (Lipinski definition) is 1. The van der Waals surface area contributed by atoms with Gasteiger partial charge in [0, 0.05) is 44.6 Å². The van der Waals surface area contributed by atoms with E-state index in [0.717, 1.165) is 12.1 Å². The number of anilines is 1. The molecule has 1 N–H and O–H groups in total. The van der Waals surface area contributed by atoms with Gasteiger partial charge < -0.3 is 19.5 Å². The van der Waals surface area contributed by atoms with Crippen LogP contribution in [0.5, 0.6) is 0 Å². The Hall–Kier alpha value is -3.00. The Morgan fingerprint density at radius 1 is 1.21 bits per heavy atom. The summed E-state index contributed by atoms with van der Waals surface area (Å²) in [5.74, 6) is -0.0158. The van der Waals surface area contributed by atoms with Crippen LogP contribution < -0.4 is 10.9 Å². The van der Waals surface area contributed by atoms with E-state index in [1.165, 1.54) is 7.11 Å². The number of hydrogen-bond acceptors (Lipinski definition) is 5. The van der Waals surface area contributed by atoms with Crippen molar-refractivity contribution in [2.75, 3.05) is 32.1 Å². The van der Waals surface area contributed by atoms with E-state index in [4.69, 9.17) is 4.74 Å². The molecule has 2 aliphatic heterocycles. The van der Waals surface area contributed by atoms with Gasteiger partial charge in [-0.1, -0.05) is 6.07 Å². The second-order valence-corrected chi connectivity index (χ2v) is 7.60. The smallest absolute Gasteiger partial charge is 0.274 e. The van der Waals surface area contributed by atoms with E-state index in [2.05, 4.69) is 10.3 Å². The summed E-state index contributed by atoms with van der Waals surface area (Å²) in [6.45, 7) is 2.01. The highest BCUT2D eigenvalue weighted by Crippen LogP contribution is 2.35. The highest BCUT2D eigenvalue weighted by atomic mass is 16.5. The van der Waals surface area contributed by atoms with Gasteiger partial charge in [-0.25, -0.2) is 0 Å². The van der Waals surface area contributed by atoms with Crippen LogP contribution in [0.4, 0.5) is 5.69 Å². The highest BCUT2D eigenvalue weighted by Gasteiger charge is 2.37. The summed E-state index contributed by atoms with van der Waals surface area (Å²) < 4.78 is 6.66. The van der Waals surface area contributed by atoms with Crippen LogP contribution in [-0.4, -0.2) is 53.1 Å². The van der Waals surface area contributed by atoms with Crippen LogP contribution in [-0.2, 0) is 16.1 Å². The summed E-state index contributed by atoms with van der Waals surface area (Å²) in [7, 11) is 1.53. The van der Waals surface area contributed by atoms with E-state index in [1.54, 1.807) is 29.0 Å². The van der Waals surface area contributed by atoms with Gasteiger partial charge in [-0.15, -0.1) is 0 Å². The average Bonchev–Trinajstić information content (AvgIpc) is 2.74. The third-order valence-electron chi connectivity index (χ3n) is 5.58. The van der Waals surface area contributed by atoms with Crippen LogP contribution in [0.1, 0.15) is 34.9 Å². The number of nitrogens with one attached hydrogen (secondary N) is 1. The maximum absolute atomic E-state index is 12.9. The molecule has 2 bridgehead atoms. The Bertz CT molecular complexity index is 972. The lowest BCUT2D eigenvalue weighted by atomic mass is 9.83. The molecule has 8 heteroatoms. The summed E-state index contributed by atoms with van der Waals surface area (Å²) in [5, 5.41) is 2.68. The number of carbonyl (C=O) groups excluding carboxylic acids is 2. The first-order valence-corrected chi connectivity index (χ1v) is 9.79. The first kappa shape index (κ1) is 19.3. The number of nitrogens with zero attached hydrogens (tertiary/aromatic N) is 3. The standard InChI is InChI=1S/C21H24N4O4/c1-29-9-7-19(26)23-17-5-6-18-15-10-14(12-25(18)21(17)28)11-24(13-15)20(27)16-4-2-3-8-22-16/h2-6,8,14-15H,7,9-13H2,1H3,(H,23,26)/t14-,15-/m1/s1. The predicted octanol–water partition coefficient (Wildman–Crippen LogP) is 1.48. The molecule has 2 atom stereocenters. The molecule has 0 aliphatic carbocycles. The number of methoxy groups -OCH3 is 1. The fraction of sp³-hybridized carbons (Fsp3) is 0.429. The molecule has 4 heterocycles. The largest absolute Gasteiger partial charge is 0.384 e. The number of amides is 2. The minimum absolute atomic E-state index is 0.0712. The third-order valence-corrected chi connectivity index (χ3v) is 5.58. The van der Waals surface area contributed by atoms with Crippen LogP contribution in [0, 0.1) is 5.92 Å². The van der Waals surface area contributed by atoms with Gasteiger partial charge in [0.25, 0.3) is 11.5 Å². The van der Waals surface area contributed by atoms with Gasteiger partial charge in [0.05, 0.1) is 13.0 Å². The van der Waals surface area contributed by atoms with E-state index in [0.29, 0.717) is 31.9 Å². The zero-order valence-electron chi connectivity index (χ0n) is 16.3. The fourth-order valence-corrected chi connectivity index (χ4v) is 4.27. The molecule has 1 fully saturated rings. The Morgan fingerprint density at radius 3 is 2.83 bits per heavy atom. The van der Waals surface area contributed by atoms with Gasteiger partial charge in [0.2, 0.25) is 5.91 Å². The topological polar surface area (TPSA) is 93.5 Å². The van der Waals surface area contributed by atoms with Crippen LogP contribution >= 0.6 is 0 Å². The number of piperidine rings is 1. The van der Waals surface area contributed by atoms with Crippen LogP contribution in [0.3, 0.4) is 0 Å². The summed E-state index contributed by atoms with van der Waals surface area (Å²) in [5.41, 5.74) is 1.46. The lowest BCUT2D eigenvalue weighted by Crippen LogP contribution is -2.49. The van der Waals surface area contributed by atoms with Crippen LogP contribution in [0.15, 0.2) is 41.3 Å². The van der Waals surface area contributed by atoms with E-state index in [9.17, 15) is 14.4 Å². The molecule has 2 aliphatic rings. The van der Waals surface area contributed by atoms with Crippen molar-refractivity contribution in [3.63, 3.8) is 0 Å². The van der Waals surface area contributed by atoms with Crippen molar-refractivity contribution in [2.24, 2.45) is 5.92 Å². The van der Waals surface area contributed by atoms with E-state index in [-0.39, 0.29) is 41.3 Å². The zero-order valence-corrected chi connectivity index (χ0v) is 16.3. The Kier molecular flexibility index (Phi) is 5.44. The van der Waals surface area contributed by atoms with Crippen molar-refractivity contribution in [3.8, 4) is 0 Å². The minimum atomic E-state index is -0.243. The number of aromatic nitrogens is 2. The Labute approximate surface area is 168 Å². The molecule has 0 radical (unpaired) electrons. The first-order valence-electron chi connectivity index (χ1n) is 9.79. The van der Waals surface area contributed by atoms with Crippen molar-refractivity contribution in [2.45, 2.75) is 25.3 Å². The molecule has 0 spiro atoms. The molecule has 2 aromatic rings. The predicted molar refractivity (Wildman–Crippen MR) is 107 cm³/mol. The monoisotopic (exact) mass is 396 g/mol. The number of pyridine rings is 2. The SMILES string of the molecule is COCCC(=O)Nc1ccc2n(c1=O)C[C@@H]1C[C@@H]2CN(C(=O)c2ccccn2)C1. The van der Waals surface area contributed by atoms with Gasteiger partial charge in [0.1, 0.15) is 11.4 Å². The lowest BCUT2D eigenvalue weighted by Gasteiger charge is -2.42. The third kappa shape index (κ3) is 3.93. The zero-order chi connectivity index (χ0) is 20.4. The number of ether oxygens (including phenoxy) is 1. The minimum Gasteiger partial charge on any atom is -0.384 e. The Balaban J connectivity index is 1.54. The molecule has 4 rings (SSSR count). The second kappa shape index (κ2) is 8.16. The first-order chi connectivity index (χ1) is 14.1. The van der Waals surface area contributed by atoms with E-state index >= 15 is 0 Å². The van der Waals surface area contributed by atoms with E-state index in [1.807, 2.05) is 17.0 Å². The maximum atomic E-state index is 12.9. The molecule has 29 heavy (non-hydrogen) atoms. The van der Waals surface area contributed by atoms with Crippen LogP contribution in [0.2, 0.25) is 0 Å². The molecule has 2 amide bonds. The van der Waals surface area contributed by atoms with Gasteiger partial charge >= 0.3 is 0 Å². The number of carbonyl (C=O) groups is 2. The van der Waals surface area contributed by atoms with Gasteiger partial charge in [-0.2, -0.15) is 0 Å². The number of likely N-dealkylation sites (tertiary alicyclic amines) is 1. The van der Waals surface area contributed by atoms with Crippen molar-refractivity contribution >= 4 is 17.5 Å². The van der Waals surface area contributed by atoms with Gasteiger partial charge in [0.15, 0.2) is 0 Å². The van der Waals surface area contributed by atoms with Crippen LogP contribution in [0.25, 0.3) is 0 Å². The molecule has 152 valence electrons. The lowest BCUT2D eigenvalue weighted by molar-refractivity contribution is -0.117. The van der Waals surface area contributed by atoms with Crippen molar-refractivity contribution in [3.05, 3.63) is 58.3 Å². The quantitative estimate of drug-likeness (QED) is 0.826. The Morgan fingerprint density at radius 2 is 2.07 bits per heavy atom. The molecule has 8 nitrogen and oxygen atoms in total. The summed E-state index contributed by atoms with van der Waals surface area (Å²) >= 11 is 0. The fourth-order valence-electron chi connectivity index (χ4n) is 4.27.